The highest BCUT2D eigenvalue weighted by molar-refractivity contribution is 5.73. The molecule has 156 valence electrons. The van der Waals surface area contributed by atoms with E-state index in [0.29, 0.717) is 17.3 Å². The lowest BCUT2D eigenvalue weighted by molar-refractivity contribution is 0.207. The molecule has 4 heterocycles. The average Bonchev–Trinajstić information content (AvgIpc) is 3.33. The molecule has 2 aromatic heterocycles. The van der Waals surface area contributed by atoms with Gasteiger partial charge >= 0.3 is 0 Å². The smallest absolute Gasteiger partial charge is 0.151 e. The van der Waals surface area contributed by atoms with E-state index in [2.05, 4.69) is 51.5 Å². The molecule has 3 N–H and O–H groups in total. The molecule has 5 rings (SSSR count). The Bertz CT molecular complexity index is 1030. The van der Waals surface area contributed by atoms with Gasteiger partial charge in [-0.1, -0.05) is 6.07 Å². The molecule has 0 amide bonds. The molecular weight excluding hydrogens is 376 g/mol. The Morgan fingerprint density at radius 2 is 1.80 bits per heavy atom. The standard InChI is InChI=1S/C23H28N6O/c1-22-8-9-23(2,28-22)12-17(11-22)29(3)21-7-6-19(26-27-21)18-5-4-15(10-20(18)30)16-13-24-25-14-16/h4-7,10,13-14,17,28,30H,8-9,11-12H2,1-3H3,(H,24,25)/t17-,22-,23+. The van der Waals surface area contributed by atoms with E-state index in [-0.39, 0.29) is 16.8 Å². The van der Waals surface area contributed by atoms with Crippen LogP contribution in [0.1, 0.15) is 39.5 Å². The SMILES string of the molecule is CN(c1ccc(-c2ccc(-c3cn[nH]c3)cc2O)nn1)[C@H]1C[C@]2(C)CC[C@](C)(C1)N2. The Morgan fingerprint density at radius 3 is 2.40 bits per heavy atom. The molecule has 3 aromatic rings. The summed E-state index contributed by atoms with van der Waals surface area (Å²) >= 11 is 0. The first kappa shape index (κ1) is 19.1. The summed E-state index contributed by atoms with van der Waals surface area (Å²) in [6.07, 6.45) is 8.20. The van der Waals surface area contributed by atoms with E-state index in [9.17, 15) is 5.11 Å². The van der Waals surface area contributed by atoms with Gasteiger partial charge in [0.05, 0.1) is 11.9 Å². The molecule has 0 unspecified atom stereocenters. The number of nitrogens with one attached hydrogen (secondary N) is 2. The van der Waals surface area contributed by atoms with Gasteiger partial charge in [0, 0.05) is 41.5 Å². The fourth-order valence-electron chi connectivity index (χ4n) is 5.28. The van der Waals surface area contributed by atoms with Crippen molar-refractivity contribution in [1.82, 2.24) is 25.7 Å². The first-order chi connectivity index (χ1) is 14.3. The van der Waals surface area contributed by atoms with Crippen LogP contribution in [-0.2, 0) is 0 Å². The highest BCUT2D eigenvalue weighted by atomic mass is 16.3. The van der Waals surface area contributed by atoms with Crippen LogP contribution in [0.3, 0.4) is 0 Å². The Morgan fingerprint density at radius 1 is 1.03 bits per heavy atom. The fourth-order valence-corrected chi connectivity index (χ4v) is 5.28. The first-order valence-corrected chi connectivity index (χ1v) is 10.5. The number of H-pyrrole nitrogens is 1. The summed E-state index contributed by atoms with van der Waals surface area (Å²) in [5, 5.41) is 30.0. The number of rotatable bonds is 4. The molecule has 2 bridgehead atoms. The first-order valence-electron chi connectivity index (χ1n) is 10.5. The molecule has 30 heavy (non-hydrogen) atoms. The summed E-state index contributed by atoms with van der Waals surface area (Å²) in [7, 11) is 2.11. The monoisotopic (exact) mass is 404 g/mol. The number of hydrogen-bond donors (Lipinski definition) is 3. The van der Waals surface area contributed by atoms with Gasteiger partial charge in [-0.3, -0.25) is 5.10 Å². The lowest BCUT2D eigenvalue weighted by Gasteiger charge is -2.45. The Kier molecular flexibility index (Phi) is 4.32. The second-order valence-electron chi connectivity index (χ2n) is 9.41. The molecular formula is C23H28N6O. The van der Waals surface area contributed by atoms with Crippen molar-refractivity contribution >= 4 is 5.82 Å². The molecule has 0 saturated carbocycles. The number of hydrogen-bond acceptors (Lipinski definition) is 6. The second-order valence-corrected chi connectivity index (χ2v) is 9.41. The maximum atomic E-state index is 10.5. The minimum absolute atomic E-state index is 0.180. The number of anilines is 1. The van der Waals surface area contributed by atoms with Gasteiger partial charge in [-0.05, 0) is 69.4 Å². The van der Waals surface area contributed by atoms with Crippen LogP contribution in [0.5, 0.6) is 5.75 Å². The molecule has 7 nitrogen and oxygen atoms in total. The van der Waals surface area contributed by atoms with E-state index in [4.69, 9.17) is 0 Å². The zero-order valence-electron chi connectivity index (χ0n) is 17.7. The number of phenolic OH excluding ortho intramolecular Hbond substituents is 1. The number of aromatic nitrogens is 4. The Labute approximate surface area is 176 Å². The summed E-state index contributed by atoms with van der Waals surface area (Å²) in [4.78, 5) is 2.27. The number of piperidine rings is 1. The van der Waals surface area contributed by atoms with Crippen molar-refractivity contribution in [2.45, 2.75) is 56.7 Å². The van der Waals surface area contributed by atoms with Crippen molar-refractivity contribution < 1.29 is 5.11 Å². The van der Waals surface area contributed by atoms with E-state index < -0.39 is 0 Å². The number of phenols is 1. The number of aromatic hydroxyl groups is 1. The maximum Gasteiger partial charge on any atom is 0.151 e. The Hall–Kier alpha value is -2.93. The quantitative estimate of drug-likeness (QED) is 0.614. The molecule has 2 aliphatic rings. The lowest BCUT2D eigenvalue weighted by atomic mass is 9.84. The van der Waals surface area contributed by atoms with Crippen molar-refractivity contribution in [2.75, 3.05) is 11.9 Å². The number of fused-ring (bicyclic) bond motifs is 2. The molecule has 2 fully saturated rings. The maximum absolute atomic E-state index is 10.5. The highest BCUT2D eigenvalue weighted by Crippen LogP contribution is 2.43. The molecule has 1 aromatic carbocycles. The van der Waals surface area contributed by atoms with Crippen LogP contribution in [0.15, 0.2) is 42.7 Å². The molecule has 2 saturated heterocycles. The van der Waals surface area contributed by atoms with Gasteiger partial charge < -0.3 is 15.3 Å². The summed E-state index contributed by atoms with van der Waals surface area (Å²) < 4.78 is 0. The van der Waals surface area contributed by atoms with Crippen molar-refractivity contribution in [3.63, 3.8) is 0 Å². The zero-order chi connectivity index (χ0) is 20.9. The van der Waals surface area contributed by atoms with Crippen LogP contribution < -0.4 is 10.2 Å². The topological polar surface area (TPSA) is 90.0 Å². The summed E-state index contributed by atoms with van der Waals surface area (Å²) in [6.45, 7) is 4.67. The van der Waals surface area contributed by atoms with E-state index in [1.54, 1.807) is 18.5 Å². The fraction of sp³-hybridized carbons (Fsp3) is 0.435. The van der Waals surface area contributed by atoms with Crippen LogP contribution in [0.4, 0.5) is 5.82 Å². The largest absolute Gasteiger partial charge is 0.507 e. The number of aromatic amines is 1. The average molecular weight is 405 g/mol. The highest BCUT2D eigenvalue weighted by Gasteiger charge is 2.49. The van der Waals surface area contributed by atoms with Gasteiger partial charge in [-0.2, -0.15) is 5.10 Å². The minimum Gasteiger partial charge on any atom is -0.507 e. The van der Waals surface area contributed by atoms with E-state index in [1.165, 1.54) is 12.8 Å². The predicted octanol–water partition coefficient (Wildman–Crippen LogP) is 3.74. The lowest BCUT2D eigenvalue weighted by Crippen LogP contribution is -2.58. The van der Waals surface area contributed by atoms with Gasteiger partial charge in [-0.25, -0.2) is 0 Å². The van der Waals surface area contributed by atoms with E-state index in [1.807, 2.05) is 24.3 Å². The molecule has 0 radical (unpaired) electrons. The predicted molar refractivity (Wildman–Crippen MR) is 117 cm³/mol. The third-order valence-corrected chi connectivity index (χ3v) is 6.87. The van der Waals surface area contributed by atoms with Crippen LogP contribution >= 0.6 is 0 Å². The summed E-state index contributed by atoms with van der Waals surface area (Å²) in [5.41, 5.74) is 3.58. The molecule has 0 spiro atoms. The third kappa shape index (κ3) is 3.33. The number of benzene rings is 1. The Balaban J connectivity index is 1.36. The van der Waals surface area contributed by atoms with Gasteiger partial charge in [-0.15, -0.1) is 10.2 Å². The van der Waals surface area contributed by atoms with E-state index in [0.717, 1.165) is 29.8 Å². The zero-order valence-corrected chi connectivity index (χ0v) is 17.7. The number of nitrogens with zero attached hydrogens (tertiary/aromatic N) is 4. The van der Waals surface area contributed by atoms with Crippen molar-refractivity contribution in [1.29, 1.82) is 0 Å². The summed E-state index contributed by atoms with van der Waals surface area (Å²) in [5.74, 6) is 1.05. The van der Waals surface area contributed by atoms with Gasteiger partial charge in [0.25, 0.3) is 0 Å². The normalized spacial score (nSPS) is 27.9. The van der Waals surface area contributed by atoms with Crippen molar-refractivity contribution in [3.05, 3.63) is 42.7 Å². The van der Waals surface area contributed by atoms with Gasteiger partial charge in [0.2, 0.25) is 0 Å². The third-order valence-electron chi connectivity index (χ3n) is 6.87. The van der Waals surface area contributed by atoms with Gasteiger partial charge in [0.15, 0.2) is 5.82 Å². The van der Waals surface area contributed by atoms with Crippen LogP contribution in [0, 0.1) is 0 Å². The molecule has 0 aliphatic carbocycles. The van der Waals surface area contributed by atoms with Crippen LogP contribution in [0.2, 0.25) is 0 Å². The molecule has 7 heteroatoms. The van der Waals surface area contributed by atoms with E-state index >= 15 is 0 Å². The molecule has 2 aliphatic heterocycles. The van der Waals surface area contributed by atoms with Crippen LogP contribution in [-0.4, -0.2) is 49.7 Å². The summed E-state index contributed by atoms with van der Waals surface area (Å²) in [6, 6.07) is 9.93. The molecule has 3 atom stereocenters. The second kappa shape index (κ2) is 6.80. The van der Waals surface area contributed by atoms with Crippen LogP contribution in [0.25, 0.3) is 22.4 Å². The van der Waals surface area contributed by atoms with Crippen molar-refractivity contribution in [2.24, 2.45) is 0 Å². The van der Waals surface area contributed by atoms with Gasteiger partial charge in [0.1, 0.15) is 5.75 Å². The van der Waals surface area contributed by atoms with Crippen molar-refractivity contribution in [3.8, 4) is 28.1 Å². The minimum atomic E-state index is 0.180.